The summed E-state index contributed by atoms with van der Waals surface area (Å²) >= 11 is 0. The number of carbonyl (C=O) groups excluding carboxylic acids is 1. The summed E-state index contributed by atoms with van der Waals surface area (Å²) in [5.41, 5.74) is 3.37. The van der Waals surface area contributed by atoms with E-state index in [1.54, 1.807) is 4.68 Å². The Morgan fingerprint density at radius 2 is 2.12 bits per heavy atom. The molecule has 1 amide bonds. The fourth-order valence-electron chi connectivity index (χ4n) is 3.47. The molecule has 5 heteroatoms. The zero-order valence-electron chi connectivity index (χ0n) is 15.3. The standard InChI is InChI=1S/C20H27N3O2/c1-4-23(14-16-12-21-22(3)13-16)20(24)18-6-5-11-25-19(18)17-9-7-15(2)8-10-17/h7-10,12-13,18-19H,4-6,11,14H2,1-3H3/t18-,19+/m1/s1. The van der Waals surface area contributed by atoms with E-state index in [0.29, 0.717) is 13.1 Å². The van der Waals surface area contributed by atoms with E-state index in [1.165, 1.54) is 5.56 Å². The van der Waals surface area contributed by atoms with Crippen LogP contribution in [0.1, 0.15) is 42.6 Å². The van der Waals surface area contributed by atoms with Crippen LogP contribution in [0.5, 0.6) is 0 Å². The second kappa shape index (κ2) is 7.83. The number of ether oxygens (including phenoxy) is 1. The molecule has 1 aromatic carbocycles. The van der Waals surface area contributed by atoms with Gasteiger partial charge in [-0.2, -0.15) is 5.10 Å². The molecule has 0 saturated carbocycles. The topological polar surface area (TPSA) is 47.4 Å². The lowest BCUT2D eigenvalue weighted by Crippen LogP contribution is -2.40. The van der Waals surface area contributed by atoms with Crippen molar-refractivity contribution in [1.29, 1.82) is 0 Å². The summed E-state index contributed by atoms with van der Waals surface area (Å²) in [6.07, 6.45) is 5.45. The molecule has 1 saturated heterocycles. The number of amides is 1. The molecule has 2 heterocycles. The molecule has 134 valence electrons. The number of hydrogen-bond acceptors (Lipinski definition) is 3. The molecule has 3 rings (SSSR count). The first-order chi connectivity index (χ1) is 12.1. The summed E-state index contributed by atoms with van der Waals surface area (Å²) in [6, 6.07) is 8.34. The Morgan fingerprint density at radius 1 is 1.36 bits per heavy atom. The molecule has 2 atom stereocenters. The highest BCUT2D eigenvalue weighted by Crippen LogP contribution is 2.35. The van der Waals surface area contributed by atoms with Crippen molar-refractivity contribution in [3.05, 3.63) is 53.3 Å². The van der Waals surface area contributed by atoms with E-state index in [9.17, 15) is 4.79 Å². The molecular weight excluding hydrogens is 314 g/mol. The molecule has 0 unspecified atom stereocenters. The highest BCUT2D eigenvalue weighted by Gasteiger charge is 2.35. The summed E-state index contributed by atoms with van der Waals surface area (Å²) in [5.74, 6) is 0.0599. The summed E-state index contributed by atoms with van der Waals surface area (Å²) in [6.45, 7) is 6.10. The molecule has 5 nitrogen and oxygen atoms in total. The van der Waals surface area contributed by atoms with Gasteiger partial charge in [0.2, 0.25) is 5.91 Å². The largest absolute Gasteiger partial charge is 0.373 e. The maximum absolute atomic E-state index is 13.2. The first kappa shape index (κ1) is 17.7. The number of benzene rings is 1. The van der Waals surface area contributed by atoms with Gasteiger partial charge in [-0.25, -0.2) is 0 Å². The Hall–Kier alpha value is -2.14. The zero-order valence-corrected chi connectivity index (χ0v) is 15.3. The van der Waals surface area contributed by atoms with Crippen molar-refractivity contribution in [2.45, 2.75) is 39.3 Å². The van der Waals surface area contributed by atoms with Gasteiger partial charge in [-0.3, -0.25) is 9.48 Å². The van der Waals surface area contributed by atoms with Crippen LogP contribution in [-0.4, -0.2) is 33.7 Å². The maximum atomic E-state index is 13.2. The maximum Gasteiger partial charge on any atom is 0.228 e. The normalized spacial score (nSPS) is 20.4. The van der Waals surface area contributed by atoms with Gasteiger partial charge in [0.15, 0.2) is 0 Å². The minimum absolute atomic E-state index is 0.118. The molecule has 1 aromatic heterocycles. The second-order valence-electron chi connectivity index (χ2n) is 6.83. The highest BCUT2D eigenvalue weighted by molar-refractivity contribution is 5.79. The third-order valence-corrected chi connectivity index (χ3v) is 4.87. The van der Waals surface area contributed by atoms with Gasteiger partial charge in [0.1, 0.15) is 0 Å². The molecule has 0 N–H and O–H groups in total. The summed E-state index contributed by atoms with van der Waals surface area (Å²) in [5, 5.41) is 4.20. The number of aryl methyl sites for hydroxylation is 2. The lowest BCUT2D eigenvalue weighted by Gasteiger charge is -2.34. The monoisotopic (exact) mass is 341 g/mol. The average Bonchev–Trinajstić information content (AvgIpc) is 3.05. The number of carbonyl (C=O) groups is 1. The minimum atomic E-state index is -0.148. The van der Waals surface area contributed by atoms with E-state index in [0.717, 1.165) is 30.6 Å². The van der Waals surface area contributed by atoms with Crippen LogP contribution in [0.4, 0.5) is 0 Å². The molecule has 0 aliphatic carbocycles. The molecule has 0 bridgehead atoms. The van der Waals surface area contributed by atoms with Crippen molar-refractivity contribution in [2.75, 3.05) is 13.2 Å². The summed E-state index contributed by atoms with van der Waals surface area (Å²) in [4.78, 5) is 15.1. The van der Waals surface area contributed by atoms with E-state index in [2.05, 4.69) is 36.3 Å². The third kappa shape index (κ3) is 4.10. The molecule has 2 aromatic rings. The lowest BCUT2D eigenvalue weighted by molar-refractivity contribution is -0.146. The minimum Gasteiger partial charge on any atom is -0.373 e. The quantitative estimate of drug-likeness (QED) is 0.839. The number of aromatic nitrogens is 2. The van der Waals surface area contributed by atoms with Crippen molar-refractivity contribution in [2.24, 2.45) is 13.0 Å². The van der Waals surface area contributed by atoms with Gasteiger partial charge >= 0.3 is 0 Å². The number of rotatable bonds is 5. The lowest BCUT2D eigenvalue weighted by atomic mass is 9.88. The van der Waals surface area contributed by atoms with Gasteiger partial charge < -0.3 is 9.64 Å². The van der Waals surface area contributed by atoms with Gasteiger partial charge in [-0.05, 0) is 32.3 Å². The van der Waals surface area contributed by atoms with Gasteiger partial charge in [-0.1, -0.05) is 29.8 Å². The fourth-order valence-corrected chi connectivity index (χ4v) is 3.47. The van der Waals surface area contributed by atoms with Crippen LogP contribution in [0.2, 0.25) is 0 Å². The second-order valence-corrected chi connectivity index (χ2v) is 6.83. The van der Waals surface area contributed by atoms with E-state index in [4.69, 9.17) is 4.74 Å². The van der Waals surface area contributed by atoms with Crippen molar-refractivity contribution in [3.8, 4) is 0 Å². The molecule has 1 aliphatic heterocycles. The van der Waals surface area contributed by atoms with Crippen LogP contribution in [-0.2, 0) is 23.1 Å². The summed E-state index contributed by atoms with van der Waals surface area (Å²) < 4.78 is 7.79. The molecule has 0 radical (unpaired) electrons. The molecule has 1 aliphatic rings. The smallest absolute Gasteiger partial charge is 0.228 e. The molecule has 1 fully saturated rings. The van der Waals surface area contributed by atoms with Gasteiger partial charge in [0.05, 0.1) is 18.2 Å². The number of hydrogen-bond donors (Lipinski definition) is 0. The third-order valence-electron chi connectivity index (χ3n) is 4.87. The van der Waals surface area contributed by atoms with Crippen LogP contribution in [0, 0.1) is 12.8 Å². The van der Waals surface area contributed by atoms with E-state index < -0.39 is 0 Å². The first-order valence-electron chi connectivity index (χ1n) is 9.03. The predicted molar refractivity (Wildman–Crippen MR) is 96.9 cm³/mol. The first-order valence-corrected chi connectivity index (χ1v) is 9.03. The van der Waals surface area contributed by atoms with Crippen LogP contribution >= 0.6 is 0 Å². The predicted octanol–water partition coefficient (Wildman–Crippen LogP) is 3.24. The van der Waals surface area contributed by atoms with Crippen LogP contribution in [0.25, 0.3) is 0 Å². The van der Waals surface area contributed by atoms with Crippen LogP contribution in [0.15, 0.2) is 36.7 Å². The fraction of sp³-hybridized carbons (Fsp3) is 0.500. The van der Waals surface area contributed by atoms with Crippen molar-refractivity contribution >= 4 is 5.91 Å². The highest BCUT2D eigenvalue weighted by atomic mass is 16.5. The molecule has 25 heavy (non-hydrogen) atoms. The van der Waals surface area contributed by atoms with E-state index in [1.807, 2.05) is 31.3 Å². The van der Waals surface area contributed by atoms with Crippen molar-refractivity contribution in [3.63, 3.8) is 0 Å². The Bertz CT molecular complexity index is 708. The molecular formula is C20H27N3O2. The SMILES string of the molecule is CCN(Cc1cnn(C)c1)C(=O)[C@@H]1CCCO[C@H]1c1ccc(C)cc1. The molecule has 0 spiro atoms. The Balaban J connectivity index is 1.77. The Morgan fingerprint density at radius 3 is 2.76 bits per heavy atom. The van der Waals surface area contributed by atoms with Crippen molar-refractivity contribution in [1.82, 2.24) is 14.7 Å². The Kier molecular flexibility index (Phi) is 5.53. The van der Waals surface area contributed by atoms with E-state index in [-0.39, 0.29) is 17.9 Å². The number of nitrogens with zero attached hydrogens (tertiary/aromatic N) is 3. The Labute approximate surface area is 149 Å². The van der Waals surface area contributed by atoms with Crippen LogP contribution < -0.4 is 0 Å². The van der Waals surface area contributed by atoms with Crippen LogP contribution in [0.3, 0.4) is 0 Å². The van der Waals surface area contributed by atoms with Gasteiger partial charge in [-0.15, -0.1) is 0 Å². The van der Waals surface area contributed by atoms with Gasteiger partial charge in [0, 0.05) is 38.5 Å². The van der Waals surface area contributed by atoms with E-state index >= 15 is 0 Å². The van der Waals surface area contributed by atoms with Crippen molar-refractivity contribution < 1.29 is 9.53 Å². The average molecular weight is 341 g/mol. The zero-order chi connectivity index (χ0) is 17.8. The van der Waals surface area contributed by atoms with Gasteiger partial charge in [0.25, 0.3) is 0 Å². The summed E-state index contributed by atoms with van der Waals surface area (Å²) in [7, 11) is 1.89.